The average molecular weight is 196 g/mol. The molecule has 0 aliphatic rings. The molecular formula is C6H10ClNO2S. The van der Waals surface area contributed by atoms with Crippen LogP contribution in [0.2, 0.25) is 0 Å². The summed E-state index contributed by atoms with van der Waals surface area (Å²) in [6.45, 7) is -0.244. The van der Waals surface area contributed by atoms with Gasteiger partial charge in [0.1, 0.15) is 5.38 Å². The van der Waals surface area contributed by atoms with Crippen LogP contribution in [0.3, 0.4) is 0 Å². The normalized spacial score (nSPS) is 15.5. The summed E-state index contributed by atoms with van der Waals surface area (Å²) in [6, 6.07) is 1.86. The van der Waals surface area contributed by atoms with Gasteiger partial charge in [0, 0.05) is 11.5 Å². The van der Waals surface area contributed by atoms with Gasteiger partial charge in [0.25, 0.3) is 0 Å². The van der Waals surface area contributed by atoms with E-state index in [1.54, 1.807) is 0 Å². The van der Waals surface area contributed by atoms with Crippen molar-refractivity contribution in [3.8, 4) is 6.07 Å². The summed E-state index contributed by atoms with van der Waals surface area (Å²) in [5.41, 5.74) is 0. The molecule has 2 unspecified atom stereocenters. The number of hydrogen-bond donors (Lipinski definition) is 2. The van der Waals surface area contributed by atoms with E-state index in [0.717, 1.165) is 0 Å². The van der Waals surface area contributed by atoms with Crippen LogP contribution >= 0.6 is 23.4 Å². The third kappa shape index (κ3) is 6.45. The number of thioether (sulfide) groups is 1. The SMILES string of the molecule is N#CC(Cl)CSCC(O)CO. The third-order valence-electron chi connectivity index (χ3n) is 0.925. The van der Waals surface area contributed by atoms with E-state index in [9.17, 15) is 0 Å². The van der Waals surface area contributed by atoms with Crippen LogP contribution in [0, 0.1) is 11.3 Å². The van der Waals surface area contributed by atoms with Gasteiger partial charge >= 0.3 is 0 Å². The highest BCUT2D eigenvalue weighted by Gasteiger charge is 2.05. The Balaban J connectivity index is 3.21. The van der Waals surface area contributed by atoms with Gasteiger partial charge in [-0.25, -0.2) is 0 Å². The molecule has 0 saturated carbocycles. The molecule has 0 rings (SSSR count). The van der Waals surface area contributed by atoms with E-state index in [-0.39, 0.29) is 6.61 Å². The van der Waals surface area contributed by atoms with E-state index < -0.39 is 11.5 Å². The van der Waals surface area contributed by atoms with E-state index in [4.69, 9.17) is 27.1 Å². The maximum atomic E-state index is 8.85. The predicted octanol–water partition coefficient (Wildman–Crippen LogP) is 0.204. The molecule has 0 aliphatic heterocycles. The number of aliphatic hydroxyl groups is 2. The predicted molar refractivity (Wildman–Crippen MR) is 45.7 cm³/mol. The van der Waals surface area contributed by atoms with Gasteiger partial charge < -0.3 is 10.2 Å². The van der Waals surface area contributed by atoms with Gasteiger partial charge in [0.15, 0.2) is 0 Å². The molecule has 0 bridgehead atoms. The Labute approximate surface area is 75.0 Å². The number of halogens is 1. The second kappa shape index (κ2) is 6.74. The fourth-order valence-corrected chi connectivity index (χ4v) is 1.46. The highest BCUT2D eigenvalue weighted by molar-refractivity contribution is 7.99. The Morgan fingerprint density at radius 1 is 1.55 bits per heavy atom. The Bertz CT molecular complexity index is 139. The molecule has 0 aromatic rings. The summed E-state index contributed by atoms with van der Waals surface area (Å²) in [7, 11) is 0. The fraction of sp³-hybridized carbons (Fsp3) is 0.833. The third-order valence-corrected chi connectivity index (χ3v) is 2.55. The van der Waals surface area contributed by atoms with Gasteiger partial charge in [-0.05, 0) is 0 Å². The van der Waals surface area contributed by atoms with Crippen LogP contribution in [-0.2, 0) is 0 Å². The molecule has 0 heterocycles. The van der Waals surface area contributed by atoms with E-state index in [1.807, 2.05) is 6.07 Å². The Morgan fingerprint density at radius 3 is 2.64 bits per heavy atom. The van der Waals surface area contributed by atoms with Crippen LogP contribution in [0.15, 0.2) is 0 Å². The van der Waals surface area contributed by atoms with Gasteiger partial charge in [-0.3, -0.25) is 0 Å². The van der Waals surface area contributed by atoms with Crippen molar-refractivity contribution >= 4 is 23.4 Å². The summed E-state index contributed by atoms with van der Waals surface area (Å²) in [4.78, 5) is 0. The molecule has 0 amide bonds. The lowest BCUT2D eigenvalue weighted by Crippen LogP contribution is -2.15. The van der Waals surface area contributed by atoms with Crippen LogP contribution in [0.5, 0.6) is 0 Å². The Hall–Kier alpha value is 0.0500. The Kier molecular flexibility index (Phi) is 6.77. The zero-order valence-corrected chi connectivity index (χ0v) is 7.48. The van der Waals surface area contributed by atoms with Crippen molar-refractivity contribution in [1.82, 2.24) is 0 Å². The van der Waals surface area contributed by atoms with Crippen molar-refractivity contribution in [3.63, 3.8) is 0 Å². The van der Waals surface area contributed by atoms with Crippen molar-refractivity contribution in [2.75, 3.05) is 18.1 Å². The molecule has 2 N–H and O–H groups in total. The van der Waals surface area contributed by atoms with E-state index >= 15 is 0 Å². The zero-order valence-electron chi connectivity index (χ0n) is 5.90. The second-order valence-corrected chi connectivity index (χ2v) is 3.57. The number of alkyl halides is 1. The van der Waals surface area contributed by atoms with Gasteiger partial charge in [-0.2, -0.15) is 17.0 Å². The standard InChI is InChI=1S/C6H10ClNO2S/c7-5(1-8)3-11-4-6(10)2-9/h5-6,9-10H,2-4H2. The molecule has 0 fully saturated rings. The fourth-order valence-electron chi connectivity index (χ4n) is 0.398. The molecule has 0 saturated heterocycles. The number of hydrogen-bond acceptors (Lipinski definition) is 4. The maximum Gasteiger partial charge on any atom is 0.129 e. The lowest BCUT2D eigenvalue weighted by Gasteiger charge is -2.05. The van der Waals surface area contributed by atoms with Crippen molar-refractivity contribution < 1.29 is 10.2 Å². The van der Waals surface area contributed by atoms with Gasteiger partial charge in [0.05, 0.1) is 18.8 Å². The second-order valence-electron chi connectivity index (χ2n) is 1.97. The first-order valence-electron chi connectivity index (χ1n) is 3.11. The molecule has 0 radical (unpaired) electrons. The molecule has 11 heavy (non-hydrogen) atoms. The summed E-state index contributed by atoms with van der Waals surface area (Å²) >= 11 is 6.82. The average Bonchev–Trinajstić information content (AvgIpc) is 2.04. The minimum absolute atomic E-state index is 0.244. The van der Waals surface area contributed by atoms with Crippen LogP contribution in [0.25, 0.3) is 0 Å². The number of nitrogens with zero attached hydrogens (tertiary/aromatic N) is 1. The minimum Gasteiger partial charge on any atom is -0.394 e. The van der Waals surface area contributed by atoms with Gasteiger partial charge in [-0.15, -0.1) is 11.6 Å². The number of aliphatic hydroxyl groups excluding tert-OH is 2. The smallest absolute Gasteiger partial charge is 0.129 e. The highest BCUT2D eigenvalue weighted by atomic mass is 35.5. The molecule has 2 atom stereocenters. The molecule has 0 aromatic carbocycles. The number of rotatable bonds is 5. The molecular weight excluding hydrogens is 186 g/mol. The first kappa shape index (κ1) is 11.1. The molecule has 5 heteroatoms. The molecule has 3 nitrogen and oxygen atoms in total. The molecule has 0 aliphatic carbocycles. The quantitative estimate of drug-likeness (QED) is 0.616. The van der Waals surface area contributed by atoms with Crippen molar-refractivity contribution in [3.05, 3.63) is 0 Å². The largest absolute Gasteiger partial charge is 0.394 e. The van der Waals surface area contributed by atoms with Crippen LogP contribution in [0.1, 0.15) is 0 Å². The first-order valence-corrected chi connectivity index (χ1v) is 4.70. The maximum absolute atomic E-state index is 8.85. The first-order chi connectivity index (χ1) is 5.20. The summed E-state index contributed by atoms with van der Waals surface area (Å²) < 4.78 is 0. The summed E-state index contributed by atoms with van der Waals surface area (Å²) in [6.07, 6.45) is -0.706. The van der Waals surface area contributed by atoms with Crippen LogP contribution in [0.4, 0.5) is 0 Å². The highest BCUT2D eigenvalue weighted by Crippen LogP contribution is 2.08. The van der Waals surface area contributed by atoms with Gasteiger partial charge in [0.2, 0.25) is 0 Å². The van der Waals surface area contributed by atoms with Gasteiger partial charge in [-0.1, -0.05) is 0 Å². The summed E-state index contributed by atoms with van der Waals surface area (Å²) in [5, 5.41) is 25.0. The van der Waals surface area contributed by atoms with Crippen LogP contribution < -0.4 is 0 Å². The monoisotopic (exact) mass is 195 g/mol. The van der Waals surface area contributed by atoms with E-state index in [1.165, 1.54) is 11.8 Å². The Morgan fingerprint density at radius 2 is 2.18 bits per heavy atom. The zero-order chi connectivity index (χ0) is 8.69. The van der Waals surface area contributed by atoms with E-state index in [0.29, 0.717) is 11.5 Å². The van der Waals surface area contributed by atoms with Crippen molar-refractivity contribution in [1.29, 1.82) is 5.26 Å². The molecule has 64 valence electrons. The molecule has 0 spiro atoms. The topological polar surface area (TPSA) is 64.2 Å². The summed E-state index contributed by atoms with van der Waals surface area (Å²) in [5.74, 6) is 0.899. The minimum atomic E-state index is -0.706. The van der Waals surface area contributed by atoms with E-state index in [2.05, 4.69) is 0 Å². The van der Waals surface area contributed by atoms with Crippen molar-refractivity contribution in [2.24, 2.45) is 0 Å². The van der Waals surface area contributed by atoms with Crippen molar-refractivity contribution in [2.45, 2.75) is 11.5 Å². The molecule has 0 aromatic heterocycles. The lowest BCUT2D eigenvalue weighted by molar-refractivity contribution is 0.113. The number of nitriles is 1. The lowest BCUT2D eigenvalue weighted by atomic mass is 10.4. The van der Waals surface area contributed by atoms with Crippen LogP contribution in [-0.4, -0.2) is 39.8 Å².